The molecule has 2 aliphatic rings. The zero-order valence-corrected chi connectivity index (χ0v) is 18.4. The molecule has 0 bridgehead atoms. The summed E-state index contributed by atoms with van der Waals surface area (Å²) >= 11 is 0. The molecule has 6 nitrogen and oxygen atoms in total. The molecule has 1 N–H and O–H groups in total. The van der Waals surface area contributed by atoms with Crippen LogP contribution < -0.4 is 5.32 Å². The maximum absolute atomic E-state index is 13.1. The quantitative estimate of drug-likeness (QED) is 0.610. The normalized spacial score (nSPS) is 17.9. The average Bonchev–Trinajstić information content (AvgIpc) is 3.28. The monoisotopic (exact) mass is 438 g/mol. The van der Waals surface area contributed by atoms with E-state index in [1.54, 1.807) is 4.90 Å². The predicted molar refractivity (Wildman–Crippen MR) is 127 cm³/mol. The summed E-state index contributed by atoms with van der Waals surface area (Å²) in [6.45, 7) is 3.83. The number of hydrogen-bond acceptors (Lipinski definition) is 5. The molecule has 166 valence electrons. The topological polar surface area (TPSA) is 68.6 Å². The summed E-state index contributed by atoms with van der Waals surface area (Å²) in [4.78, 5) is 17.1. The van der Waals surface area contributed by atoms with Crippen LogP contribution in [0.25, 0.3) is 11.1 Å². The molecule has 1 saturated heterocycles. The highest BCUT2D eigenvalue weighted by molar-refractivity contribution is 5.95. The number of nitrogens with zero attached hydrogens (tertiary/aromatic N) is 3. The van der Waals surface area contributed by atoms with Crippen LogP contribution in [0.4, 0.5) is 5.69 Å². The van der Waals surface area contributed by atoms with Gasteiger partial charge in [0.2, 0.25) is 0 Å². The van der Waals surface area contributed by atoms with E-state index in [1.165, 1.54) is 5.56 Å². The number of anilines is 1. The van der Waals surface area contributed by atoms with Crippen molar-refractivity contribution in [1.29, 1.82) is 5.26 Å². The second-order valence-electron chi connectivity index (χ2n) is 8.55. The smallest absolute Gasteiger partial charge is 0.254 e. The summed E-state index contributed by atoms with van der Waals surface area (Å²) in [6, 6.07) is 24.4. The van der Waals surface area contributed by atoms with Crippen LogP contribution in [0, 0.1) is 11.5 Å². The SMILES string of the molecule is N#CN1Cc2cc(NC(=O)C3CN(Cc4ccccc4)CCO3)cc(-c3ccccc3)c2C1. The highest BCUT2D eigenvalue weighted by Gasteiger charge is 2.28. The first-order valence-electron chi connectivity index (χ1n) is 11.2. The van der Waals surface area contributed by atoms with E-state index in [0.717, 1.165) is 41.0 Å². The number of morpholine rings is 1. The van der Waals surface area contributed by atoms with Gasteiger partial charge in [0.15, 0.2) is 6.19 Å². The molecule has 5 rings (SSSR count). The van der Waals surface area contributed by atoms with Crippen molar-refractivity contribution in [3.63, 3.8) is 0 Å². The Kier molecular flexibility index (Phi) is 6.07. The van der Waals surface area contributed by atoms with Crippen LogP contribution in [0.1, 0.15) is 16.7 Å². The van der Waals surface area contributed by atoms with Crippen molar-refractivity contribution in [1.82, 2.24) is 9.80 Å². The second kappa shape index (κ2) is 9.45. The van der Waals surface area contributed by atoms with Crippen LogP contribution in [0.2, 0.25) is 0 Å². The van der Waals surface area contributed by atoms with E-state index in [2.05, 4.69) is 40.7 Å². The molecule has 2 heterocycles. The van der Waals surface area contributed by atoms with Gasteiger partial charge >= 0.3 is 0 Å². The molecule has 1 atom stereocenters. The zero-order chi connectivity index (χ0) is 22.6. The molecule has 3 aromatic rings. The molecule has 0 aromatic heterocycles. The molecular formula is C27H26N4O2. The van der Waals surface area contributed by atoms with Gasteiger partial charge < -0.3 is 15.0 Å². The van der Waals surface area contributed by atoms with E-state index >= 15 is 0 Å². The number of amides is 1. The number of nitrogens with one attached hydrogen (secondary N) is 1. The number of nitriles is 1. The van der Waals surface area contributed by atoms with Gasteiger partial charge in [0.25, 0.3) is 5.91 Å². The Balaban J connectivity index is 1.34. The largest absolute Gasteiger partial charge is 0.366 e. The highest BCUT2D eigenvalue weighted by atomic mass is 16.5. The summed E-state index contributed by atoms with van der Waals surface area (Å²) in [6.07, 6.45) is 1.72. The van der Waals surface area contributed by atoms with Crippen molar-refractivity contribution in [3.8, 4) is 17.3 Å². The molecule has 1 unspecified atom stereocenters. The number of fused-ring (bicyclic) bond motifs is 1. The van der Waals surface area contributed by atoms with Gasteiger partial charge in [-0.2, -0.15) is 5.26 Å². The van der Waals surface area contributed by atoms with Crippen LogP contribution in [0.15, 0.2) is 72.8 Å². The van der Waals surface area contributed by atoms with E-state index in [4.69, 9.17) is 4.74 Å². The fourth-order valence-corrected chi connectivity index (χ4v) is 4.60. The molecule has 0 saturated carbocycles. The van der Waals surface area contributed by atoms with Gasteiger partial charge in [-0.1, -0.05) is 60.7 Å². The van der Waals surface area contributed by atoms with Gasteiger partial charge in [-0.3, -0.25) is 9.69 Å². The number of benzene rings is 3. The summed E-state index contributed by atoms with van der Waals surface area (Å²) in [5, 5.41) is 12.5. The Hall–Kier alpha value is -3.66. The summed E-state index contributed by atoms with van der Waals surface area (Å²) < 4.78 is 5.82. The first-order chi connectivity index (χ1) is 16.2. The van der Waals surface area contributed by atoms with Crippen molar-refractivity contribution in [2.24, 2.45) is 0 Å². The summed E-state index contributed by atoms with van der Waals surface area (Å²) in [5.74, 6) is -0.137. The molecular weight excluding hydrogens is 412 g/mol. The van der Waals surface area contributed by atoms with Crippen LogP contribution in [-0.2, 0) is 29.2 Å². The van der Waals surface area contributed by atoms with E-state index in [-0.39, 0.29) is 5.91 Å². The van der Waals surface area contributed by atoms with Crippen molar-refractivity contribution in [3.05, 3.63) is 89.5 Å². The number of rotatable bonds is 5. The minimum absolute atomic E-state index is 0.137. The molecule has 6 heteroatoms. The molecule has 33 heavy (non-hydrogen) atoms. The van der Waals surface area contributed by atoms with Gasteiger partial charge in [0, 0.05) is 25.3 Å². The second-order valence-corrected chi connectivity index (χ2v) is 8.55. The predicted octanol–water partition coefficient (Wildman–Crippen LogP) is 3.99. The maximum Gasteiger partial charge on any atom is 0.254 e. The van der Waals surface area contributed by atoms with Crippen molar-refractivity contribution >= 4 is 11.6 Å². The van der Waals surface area contributed by atoms with E-state index in [1.807, 2.05) is 48.5 Å². The number of ether oxygens (including phenoxy) is 1. The van der Waals surface area contributed by atoms with Gasteiger partial charge in [-0.05, 0) is 39.9 Å². The third-order valence-electron chi connectivity index (χ3n) is 6.24. The molecule has 0 aliphatic carbocycles. The van der Waals surface area contributed by atoms with Crippen LogP contribution >= 0.6 is 0 Å². The van der Waals surface area contributed by atoms with Crippen molar-refractivity contribution < 1.29 is 9.53 Å². The van der Waals surface area contributed by atoms with Crippen molar-refractivity contribution in [2.75, 3.05) is 25.0 Å². The van der Waals surface area contributed by atoms with Gasteiger partial charge in [-0.15, -0.1) is 0 Å². The lowest BCUT2D eigenvalue weighted by Gasteiger charge is -2.32. The fraction of sp³-hybridized carbons (Fsp3) is 0.259. The average molecular weight is 439 g/mol. The lowest BCUT2D eigenvalue weighted by Crippen LogP contribution is -2.47. The lowest BCUT2D eigenvalue weighted by molar-refractivity contribution is -0.133. The van der Waals surface area contributed by atoms with Crippen LogP contribution in [0.5, 0.6) is 0 Å². The standard InChI is InChI=1S/C27H26N4O2/c28-19-31-16-22-13-23(14-24(25(22)17-31)21-9-5-2-6-10-21)29-27(32)26-18-30(11-12-33-26)15-20-7-3-1-4-8-20/h1-10,13-14,26H,11-12,15-18H2,(H,29,32). The highest BCUT2D eigenvalue weighted by Crippen LogP contribution is 2.35. The fourth-order valence-electron chi connectivity index (χ4n) is 4.60. The molecule has 0 spiro atoms. The molecule has 1 fully saturated rings. The van der Waals surface area contributed by atoms with Crippen LogP contribution in [-0.4, -0.2) is 41.5 Å². The minimum atomic E-state index is -0.522. The van der Waals surface area contributed by atoms with Gasteiger partial charge in [0.05, 0.1) is 19.7 Å². The summed E-state index contributed by atoms with van der Waals surface area (Å²) in [7, 11) is 0. The Morgan fingerprint density at radius 1 is 1.06 bits per heavy atom. The third-order valence-corrected chi connectivity index (χ3v) is 6.24. The first-order valence-corrected chi connectivity index (χ1v) is 11.2. The lowest BCUT2D eigenvalue weighted by atomic mass is 9.96. The number of hydrogen-bond donors (Lipinski definition) is 1. The number of carbonyl (C=O) groups excluding carboxylic acids is 1. The Morgan fingerprint density at radius 2 is 1.82 bits per heavy atom. The molecule has 2 aliphatic heterocycles. The van der Waals surface area contributed by atoms with E-state index < -0.39 is 6.10 Å². The number of carbonyl (C=O) groups is 1. The minimum Gasteiger partial charge on any atom is -0.366 e. The van der Waals surface area contributed by atoms with Gasteiger partial charge in [0.1, 0.15) is 6.10 Å². The van der Waals surface area contributed by atoms with E-state index in [0.29, 0.717) is 26.2 Å². The van der Waals surface area contributed by atoms with E-state index in [9.17, 15) is 10.1 Å². The zero-order valence-electron chi connectivity index (χ0n) is 18.4. The Morgan fingerprint density at radius 3 is 2.58 bits per heavy atom. The molecule has 3 aromatic carbocycles. The Bertz CT molecular complexity index is 1170. The molecule has 1 amide bonds. The third kappa shape index (κ3) is 4.75. The van der Waals surface area contributed by atoms with Gasteiger partial charge in [-0.25, -0.2) is 0 Å². The van der Waals surface area contributed by atoms with Crippen LogP contribution in [0.3, 0.4) is 0 Å². The van der Waals surface area contributed by atoms with Crippen molar-refractivity contribution in [2.45, 2.75) is 25.7 Å². The Labute approximate surface area is 194 Å². The maximum atomic E-state index is 13.1. The molecule has 0 radical (unpaired) electrons. The summed E-state index contributed by atoms with van der Waals surface area (Å²) in [5.41, 5.74) is 6.31. The first kappa shape index (κ1) is 21.2.